The standard InChI is InChI=1S/C39H25N4O2Si/c1-3-14-27(15-4-1)46(28-16-5-2-6-17-28)35-23-12-22-33-37(35)42-39(45-33)43-31-20-7-8-21-32(31)44-34-25-26-13-11-18-29(36(26)41-38(34)43)30-19-9-10-24-40-30/h1-25H. The number of pyridine rings is 2. The lowest BCUT2D eigenvalue weighted by Gasteiger charge is -2.29. The molecule has 4 heterocycles. The molecule has 3 aromatic heterocycles. The Morgan fingerprint density at radius 3 is 2.11 bits per heavy atom. The number of para-hydroxylation sites is 4. The van der Waals surface area contributed by atoms with Gasteiger partial charge in [0.2, 0.25) is 0 Å². The highest BCUT2D eigenvalue weighted by Crippen LogP contribution is 2.50. The van der Waals surface area contributed by atoms with Crippen molar-refractivity contribution in [1.29, 1.82) is 0 Å². The van der Waals surface area contributed by atoms with Gasteiger partial charge in [0.15, 0.2) is 31.7 Å². The number of hydrogen-bond acceptors (Lipinski definition) is 6. The molecule has 0 aliphatic carbocycles. The van der Waals surface area contributed by atoms with Crippen molar-refractivity contribution >= 4 is 63.9 Å². The predicted molar refractivity (Wildman–Crippen MR) is 185 cm³/mol. The van der Waals surface area contributed by atoms with Gasteiger partial charge in [0.25, 0.3) is 0 Å². The molecule has 6 nitrogen and oxygen atoms in total. The van der Waals surface area contributed by atoms with E-state index in [9.17, 15) is 0 Å². The minimum atomic E-state index is -1.39. The Kier molecular flexibility index (Phi) is 6.21. The van der Waals surface area contributed by atoms with E-state index < -0.39 is 8.80 Å². The lowest BCUT2D eigenvalue weighted by Crippen LogP contribution is -2.52. The molecule has 5 aromatic carbocycles. The molecular formula is C39H25N4O2Si. The fraction of sp³-hybridized carbons (Fsp3) is 0. The van der Waals surface area contributed by atoms with Crippen molar-refractivity contribution in [1.82, 2.24) is 15.0 Å². The Bertz CT molecular complexity index is 2320. The Balaban J connectivity index is 1.26. The quantitative estimate of drug-likeness (QED) is 0.149. The third kappa shape index (κ3) is 4.36. The van der Waals surface area contributed by atoms with Gasteiger partial charge in [0.05, 0.1) is 16.9 Å². The molecule has 0 fully saturated rings. The van der Waals surface area contributed by atoms with Crippen LogP contribution in [0.4, 0.5) is 17.5 Å². The number of anilines is 3. The zero-order valence-electron chi connectivity index (χ0n) is 24.5. The summed E-state index contributed by atoms with van der Waals surface area (Å²) in [6.45, 7) is 0. The molecule has 8 aromatic rings. The van der Waals surface area contributed by atoms with Crippen LogP contribution in [0.1, 0.15) is 0 Å². The Morgan fingerprint density at radius 1 is 0.587 bits per heavy atom. The molecule has 0 atom stereocenters. The summed E-state index contributed by atoms with van der Waals surface area (Å²) >= 11 is 0. The summed E-state index contributed by atoms with van der Waals surface area (Å²) in [6, 6.07) is 50.1. The first-order valence-corrected chi connectivity index (χ1v) is 16.6. The summed E-state index contributed by atoms with van der Waals surface area (Å²) in [5.41, 5.74) is 5.00. The number of oxazole rings is 1. The molecule has 0 saturated carbocycles. The first kappa shape index (κ1) is 26.4. The van der Waals surface area contributed by atoms with Crippen molar-refractivity contribution in [3.05, 3.63) is 152 Å². The van der Waals surface area contributed by atoms with Gasteiger partial charge in [0, 0.05) is 17.1 Å². The van der Waals surface area contributed by atoms with E-state index in [1.54, 1.807) is 6.20 Å². The molecule has 1 aliphatic heterocycles. The fourth-order valence-electron chi connectivity index (χ4n) is 6.21. The van der Waals surface area contributed by atoms with Gasteiger partial charge in [-0.25, -0.2) is 9.88 Å². The van der Waals surface area contributed by atoms with Gasteiger partial charge in [-0.3, -0.25) is 4.98 Å². The van der Waals surface area contributed by atoms with Crippen molar-refractivity contribution in [2.24, 2.45) is 0 Å². The van der Waals surface area contributed by atoms with E-state index in [4.69, 9.17) is 19.1 Å². The van der Waals surface area contributed by atoms with Crippen LogP contribution < -0.4 is 25.2 Å². The number of fused-ring (bicyclic) bond motifs is 4. The van der Waals surface area contributed by atoms with Crippen molar-refractivity contribution in [3.8, 4) is 22.8 Å². The second-order valence-corrected chi connectivity index (χ2v) is 13.5. The monoisotopic (exact) mass is 609 g/mol. The lowest BCUT2D eigenvalue weighted by molar-refractivity contribution is 0.471. The van der Waals surface area contributed by atoms with Crippen molar-refractivity contribution in [2.45, 2.75) is 0 Å². The maximum Gasteiger partial charge on any atom is 0.309 e. The molecule has 7 heteroatoms. The van der Waals surface area contributed by atoms with E-state index >= 15 is 0 Å². The Labute approximate surface area is 266 Å². The number of rotatable bonds is 5. The summed E-state index contributed by atoms with van der Waals surface area (Å²) in [4.78, 5) is 17.1. The van der Waals surface area contributed by atoms with Crippen LogP contribution in [0.3, 0.4) is 0 Å². The van der Waals surface area contributed by atoms with Gasteiger partial charge in [-0.1, -0.05) is 120 Å². The molecule has 0 saturated heterocycles. The smallest absolute Gasteiger partial charge is 0.309 e. The van der Waals surface area contributed by atoms with E-state index in [0.29, 0.717) is 23.3 Å². The molecular weight excluding hydrogens is 585 g/mol. The molecule has 46 heavy (non-hydrogen) atoms. The summed E-state index contributed by atoms with van der Waals surface area (Å²) in [7, 11) is -1.39. The highest BCUT2D eigenvalue weighted by Gasteiger charge is 2.32. The van der Waals surface area contributed by atoms with Gasteiger partial charge in [-0.2, -0.15) is 4.98 Å². The van der Waals surface area contributed by atoms with Crippen LogP contribution in [0, 0.1) is 0 Å². The second-order valence-electron chi connectivity index (χ2n) is 11.1. The molecule has 0 spiro atoms. The van der Waals surface area contributed by atoms with E-state index in [1.165, 1.54) is 15.6 Å². The largest absolute Gasteiger partial charge is 0.451 e. The number of nitrogens with zero attached hydrogens (tertiary/aromatic N) is 4. The molecule has 0 bridgehead atoms. The van der Waals surface area contributed by atoms with Gasteiger partial charge in [-0.05, 0) is 41.6 Å². The highest BCUT2D eigenvalue weighted by atomic mass is 28.3. The SMILES string of the molecule is c1ccc([Si](c2ccccc2)c2cccc3oc(N4c5ccccc5Oc5cc6cccc(-c7ccccn7)c6nc54)nc23)cc1. The van der Waals surface area contributed by atoms with Crippen LogP contribution in [-0.4, -0.2) is 23.7 Å². The first-order chi connectivity index (χ1) is 22.8. The molecule has 1 radical (unpaired) electrons. The third-order valence-corrected chi connectivity index (χ3v) is 11.0. The molecule has 0 unspecified atom stereocenters. The topological polar surface area (TPSA) is 64.3 Å². The number of hydrogen-bond donors (Lipinski definition) is 0. The van der Waals surface area contributed by atoms with Crippen LogP contribution in [0.5, 0.6) is 11.5 Å². The van der Waals surface area contributed by atoms with Crippen molar-refractivity contribution < 1.29 is 9.15 Å². The van der Waals surface area contributed by atoms with Gasteiger partial charge < -0.3 is 9.15 Å². The normalized spacial score (nSPS) is 12.2. The maximum absolute atomic E-state index is 6.63. The zero-order chi connectivity index (χ0) is 30.5. The van der Waals surface area contributed by atoms with Crippen LogP contribution in [0.2, 0.25) is 0 Å². The average molecular weight is 610 g/mol. The van der Waals surface area contributed by atoms with Crippen LogP contribution in [0.25, 0.3) is 33.3 Å². The molecule has 0 N–H and O–H groups in total. The minimum Gasteiger partial charge on any atom is -0.451 e. The van der Waals surface area contributed by atoms with Gasteiger partial charge in [0.1, 0.15) is 5.52 Å². The number of benzene rings is 5. The molecule has 217 valence electrons. The summed E-state index contributed by atoms with van der Waals surface area (Å²) < 4.78 is 13.1. The summed E-state index contributed by atoms with van der Waals surface area (Å²) in [5, 5.41) is 4.70. The van der Waals surface area contributed by atoms with E-state index in [1.807, 2.05) is 71.6 Å². The van der Waals surface area contributed by atoms with E-state index in [-0.39, 0.29) is 0 Å². The number of ether oxygens (including phenoxy) is 1. The third-order valence-electron chi connectivity index (χ3n) is 8.26. The molecule has 9 rings (SSSR count). The molecule has 0 amide bonds. The summed E-state index contributed by atoms with van der Waals surface area (Å²) in [6.07, 6.45) is 1.80. The van der Waals surface area contributed by atoms with E-state index in [2.05, 4.69) is 83.8 Å². The maximum atomic E-state index is 6.63. The zero-order valence-corrected chi connectivity index (χ0v) is 25.5. The summed E-state index contributed by atoms with van der Waals surface area (Å²) in [5.74, 6) is 1.95. The Morgan fingerprint density at radius 2 is 1.33 bits per heavy atom. The molecule has 1 aliphatic rings. The van der Waals surface area contributed by atoms with Crippen LogP contribution in [0.15, 0.2) is 156 Å². The van der Waals surface area contributed by atoms with Crippen LogP contribution >= 0.6 is 0 Å². The predicted octanol–water partition coefficient (Wildman–Crippen LogP) is 7.53. The van der Waals surface area contributed by atoms with Gasteiger partial charge in [-0.15, -0.1) is 0 Å². The number of aromatic nitrogens is 3. The van der Waals surface area contributed by atoms with Crippen molar-refractivity contribution in [3.63, 3.8) is 0 Å². The minimum absolute atomic E-state index is 0.434. The fourth-order valence-corrected chi connectivity index (χ4v) is 8.90. The first-order valence-electron chi connectivity index (χ1n) is 15.1. The Hall–Kier alpha value is -6.05. The van der Waals surface area contributed by atoms with E-state index in [0.717, 1.165) is 38.9 Å². The average Bonchev–Trinajstić information content (AvgIpc) is 3.56. The highest BCUT2D eigenvalue weighted by molar-refractivity contribution is 6.96. The second kappa shape index (κ2) is 10.8. The lowest BCUT2D eigenvalue weighted by atomic mass is 10.1. The van der Waals surface area contributed by atoms with Crippen LogP contribution in [-0.2, 0) is 0 Å². The van der Waals surface area contributed by atoms with Gasteiger partial charge >= 0.3 is 6.01 Å². The van der Waals surface area contributed by atoms with Crippen molar-refractivity contribution in [2.75, 3.05) is 4.90 Å².